The lowest BCUT2D eigenvalue weighted by Gasteiger charge is -2.23. The fourth-order valence-corrected chi connectivity index (χ4v) is 1.89. The summed E-state index contributed by atoms with van der Waals surface area (Å²) in [6.07, 6.45) is 5.51. The molecule has 1 heterocycles. The monoisotopic (exact) mass is 225 g/mol. The van der Waals surface area contributed by atoms with E-state index in [9.17, 15) is 9.90 Å². The highest BCUT2D eigenvalue weighted by Crippen LogP contribution is 2.32. The van der Waals surface area contributed by atoms with Gasteiger partial charge in [0.15, 0.2) is 5.76 Å². The Morgan fingerprint density at radius 3 is 3.00 bits per heavy atom. The van der Waals surface area contributed by atoms with Gasteiger partial charge in [0.25, 0.3) is 5.91 Å². The summed E-state index contributed by atoms with van der Waals surface area (Å²) in [6.45, 7) is 1.03. The minimum atomic E-state index is -0.377. The number of ether oxygens (including phenoxy) is 1. The first-order valence-electron chi connectivity index (χ1n) is 5.95. The molecule has 0 aromatic heterocycles. The van der Waals surface area contributed by atoms with E-state index in [4.69, 9.17) is 4.74 Å². The first kappa shape index (κ1) is 11.5. The molecule has 2 rings (SSSR count). The van der Waals surface area contributed by atoms with Gasteiger partial charge in [-0.1, -0.05) is 0 Å². The fourth-order valence-electron chi connectivity index (χ4n) is 1.89. The number of amides is 1. The first-order valence-corrected chi connectivity index (χ1v) is 5.95. The van der Waals surface area contributed by atoms with Crippen LogP contribution in [0.2, 0.25) is 0 Å². The molecule has 1 unspecified atom stereocenters. The topological polar surface area (TPSA) is 49.8 Å². The summed E-state index contributed by atoms with van der Waals surface area (Å²) in [5, 5.41) is 9.75. The molecular formula is C12H19NO3. The molecular weight excluding hydrogens is 206 g/mol. The van der Waals surface area contributed by atoms with Crippen molar-refractivity contribution in [3.63, 3.8) is 0 Å². The molecule has 2 aliphatic rings. The van der Waals surface area contributed by atoms with Gasteiger partial charge in [-0.3, -0.25) is 4.79 Å². The second kappa shape index (κ2) is 4.87. The summed E-state index contributed by atoms with van der Waals surface area (Å²) < 4.78 is 5.31. The predicted octanol–water partition coefficient (Wildman–Crippen LogP) is 0.910. The van der Waals surface area contributed by atoms with Gasteiger partial charge in [0.2, 0.25) is 0 Å². The third-order valence-electron chi connectivity index (χ3n) is 3.12. The maximum Gasteiger partial charge on any atom is 0.288 e. The van der Waals surface area contributed by atoms with Crippen LogP contribution in [-0.4, -0.2) is 42.2 Å². The van der Waals surface area contributed by atoms with E-state index in [0.717, 1.165) is 25.7 Å². The highest BCUT2D eigenvalue weighted by Gasteiger charge is 2.31. The number of carbonyl (C=O) groups is 1. The quantitative estimate of drug-likeness (QED) is 0.773. The second-order valence-corrected chi connectivity index (χ2v) is 4.65. The molecule has 0 aromatic rings. The number of aliphatic hydroxyl groups is 1. The summed E-state index contributed by atoms with van der Waals surface area (Å²) in [5.74, 6) is 0.729. The van der Waals surface area contributed by atoms with Crippen LogP contribution in [0.25, 0.3) is 0 Å². The van der Waals surface area contributed by atoms with Crippen LogP contribution in [0.1, 0.15) is 25.7 Å². The van der Waals surface area contributed by atoms with E-state index in [-0.39, 0.29) is 12.0 Å². The Bertz CT molecular complexity index is 297. The Balaban J connectivity index is 1.85. The van der Waals surface area contributed by atoms with Crippen LogP contribution in [-0.2, 0) is 9.53 Å². The average molecular weight is 225 g/mol. The van der Waals surface area contributed by atoms with Crippen molar-refractivity contribution in [1.82, 2.24) is 4.90 Å². The van der Waals surface area contributed by atoms with Gasteiger partial charge in [-0.2, -0.15) is 0 Å². The summed E-state index contributed by atoms with van der Waals surface area (Å²) >= 11 is 0. The van der Waals surface area contributed by atoms with Crippen LogP contribution in [0.4, 0.5) is 0 Å². The molecule has 16 heavy (non-hydrogen) atoms. The first-order chi connectivity index (χ1) is 7.68. The molecule has 1 saturated carbocycles. The number of nitrogens with zero attached hydrogens (tertiary/aromatic N) is 1. The molecule has 0 aromatic carbocycles. The SMILES string of the molecule is CN(CC(O)C1CC1)C(=O)C1=CCCCO1. The molecule has 1 aliphatic heterocycles. The van der Waals surface area contributed by atoms with Gasteiger partial charge in [-0.15, -0.1) is 0 Å². The van der Waals surface area contributed by atoms with E-state index >= 15 is 0 Å². The Morgan fingerprint density at radius 1 is 1.69 bits per heavy atom. The highest BCUT2D eigenvalue weighted by atomic mass is 16.5. The Hall–Kier alpha value is -1.03. The number of carbonyl (C=O) groups excluding carboxylic acids is 1. The predicted molar refractivity (Wildman–Crippen MR) is 59.6 cm³/mol. The molecule has 1 N–H and O–H groups in total. The largest absolute Gasteiger partial charge is 0.488 e. The third-order valence-corrected chi connectivity index (χ3v) is 3.12. The Kier molecular flexibility index (Phi) is 3.49. The van der Waals surface area contributed by atoms with Crippen LogP contribution in [0.5, 0.6) is 0 Å². The van der Waals surface area contributed by atoms with Gasteiger partial charge >= 0.3 is 0 Å². The van der Waals surface area contributed by atoms with E-state index in [2.05, 4.69) is 0 Å². The summed E-state index contributed by atoms with van der Waals surface area (Å²) in [4.78, 5) is 13.5. The van der Waals surface area contributed by atoms with Crippen LogP contribution < -0.4 is 0 Å². The van der Waals surface area contributed by atoms with Crippen molar-refractivity contribution >= 4 is 5.91 Å². The number of hydrogen-bond donors (Lipinski definition) is 1. The second-order valence-electron chi connectivity index (χ2n) is 4.65. The van der Waals surface area contributed by atoms with E-state index in [0.29, 0.717) is 24.8 Å². The minimum absolute atomic E-state index is 0.112. The van der Waals surface area contributed by atoms with Gasteiger partial charge < -0.3 is 14.7 Å². The van der Waals surface area contributed by atoms with Crippen molar-refractivity contribution in [3.05, 3.63) is 11.8 Å². The van der Waals surface area contributed by atoms with Crippen LogP contribution in [0.3, 0.4) is 0 Å². The molecule has 0 spiro atoms. The minimum Gasteiger partial charge on any atom is -0.488 e. The summed E-state index contributed by atoms with van der Waals surface area (Å²) in [5.41, 5.74) is 0. The molecule has 4 heteroatoms. The van der Waals surface area contributed by atoms with Crippen molar-refractivity contribution in [2.24, 2.45) is 5.92 Å². The van der Waals surface area contributed by atoms with Crippen molar-refractivity contribution in [1.29, 1.82) is 0 Å². The van der Waals surface area contributed by atoms with Crippen molar-refractivity contribution in [2.45, 2.75) is 31.8 Å². The average Bonchev–Trinajstić information content (AvgIpc) is 3.13. The fraction of sp³-hybridized carbons (Fsp3) is 0.750. The molecule has 1 fully saturated rings. The van der Waals surface area contributed by atoms with Gasteiger partial charge in [-0.25, -0.2) is 0 Å². The Labute approximate surface area is 95.9 Å². The van der Waals surface area contributed by atoms with E-state index < -0.39 is 0 Å². The van der Waals surface area contributed by atoms with Crippen LogP contribution >= 0.6 is 0 Å². The Morgan fingerprint density at radius 2 is 2.44 bits per heavy atom. The number of aliphatic hydroxyl groups excluding tert-OH is 1. The summed E-state index contributed by atoms with van der Waals surface area (Å²) in [6, 6.07) is 0. The van der Waals surface area contributed by atoms with Crippen molar-refractivity contribution in [2.75, 3.05) is 20.2 Å². The standard InChI is InChI=1S/C12H19NO3/c1-13(8-10(14)9-5-6-9)12(15)11-4-2-3-7-16-11/h4,9-10,14H,2-3,5-8H2,1H3. The lowest BCUT2D eigenvalue weighted by atomic mass is 10.2. The lowest BCUT2D eigenvalue weighted by molar-refractivity contribution is -0.131. The molecule has 4 nitrogen and oxygen atoms in total. The molecule has 0 saturated heterocycles. The highest BCUT2D eigenvalue weighted by molar-refractivity contribution is 5.91. The van der Waals surface area contributed by atoms with Gasteiger partial charge in [-0.05, 0) is 37.7 Å². The van der Waals surface area contributed by atoms with E-state index in [1.807, 2.05) is 6.08 Å². The lowest BCUT2D eigenvalue weighted by Crippen LogP contribution is -2.36. The van der Waals surface area contributed by atoms with E-state index in [1.54, 1.807) is 11.9 Å². The number of hydrogen-bond acceptors (Lipinski definition) is 3. The smallest absolute Gasteiger partial charge is 0.288 e. The van der Waals surface area contributed by atoms with Crippen molar-refractivity contribution < 1.29 is 14.6 Å². The molecule has 0 bridgehead atoms. The van der Waals surface area contributed by atoms with Gasteiger partial charge in [0, 0.05) is 13.6 Å². The molecule has 90 valence electrons. The maximum atomic E-state index is 11.9. The van der Waals surface area contributed by atoms with Gasteiger partial charge in [0.1, 0.15) is 0 Å². The number of likely N-dealkylation sites (N-methyl/N-ethyl adjacent to an activating group) is 1. The number of rotatable bonds is 4. The zero-order valence-corrected chi connectivity index (χ0v) is 9.69. The van der Waals surface area contributed by atoms with Crippen LogP contribution in [0, 0.1) is 5.92 Å². The zero-order chi connectivity index (χ0) is 11.5. The summed E-state index contributed by atoms with van der Waals surface area (Å²) in [7, 11) is 1.72. The molecule has 0 radical (unpaired) electrons. The van der Waals surface area contributed by atoms with E-state index in [1.165, 1.54) is 0 Å². The van der Waals surface area contributed by atoms with Gasteiger partial charge in [0.05, 0.1) is 12.7 Å². The van der Waals surface area contributed by atoms with Crippen molar-refractivity contribution in [3.8, 4) is 0 Å². The van der Waals surface area contributed by atoms with Crippen LogP contribution in [0.15, 0.2) is 11.8 Å². The maximum absolute atomic E-state index is 11.9. The zero-order valence-electron chi connectivity index (χ0n) is 9.69. The molecule has 1 atom stereocenters. The number of allylic oxidation sites excluding steroid dienone is 1. The molecule has 1 aliphatic carbocycles. The third kappa shape index (κ3) is 2.76. The molecule has 1 amide bonds. The normalized spacial score (nSPS) is 22.0.